The third kappa shape index (κ3) is 5.48. The van der Waals surface area contributed by atoms with Crippen LogP contribution in [0.4, 0.5) is 17.1 Å². The zero-order valence-corrected chi connectivity index (χ0v) is 30.6. The lowest BCUT2D eigenvalue weighted by atomic mass is 9.97. The van der Waals surface area contributed by atoms with E-state index in [4.69, 9.17) is 4.42 Å². The molecule has 2 aromatic heterocycles. The van der Waals surface area contributed by atoms with Crippen LogP contribution in [0.1, 0.15) is 0 Å². The Kier molecular flexibility index (Phi) is 7.39. The highest BCUT2D eigenvalue weighted by Crippen LogP contribution is 2.42. The molecule has 9 aromatic carbocycles. The van der Waals surface area contributed by atoms with Gasteiger partial charge in [0.1, 0.15) is 11.2 Å². The second-order valence-electron chi connectivity index (χ2n) is 14.1. The number of para-hydroxylation sites is 1. The second kappa shape index (κ2) is 12.9. The molecule has 0 unspecified atom stereocenters. The van der Waals surface area contributed by atoms with Gasteiger partial charge in [-0.2, -0.15) is 0 Å². The van der Waals surface area contributed by atoms with Gasteiger partial charge in [-0.3, -0.25) is 0 Å². The van der Waals surface area contributed by atoms with Gasteiger partial charge in [-0.1, -0.05) is 133 Å². The summed E-state index contributed by atoms with van der Waals surface area (Å²) >= 11 is 1.86. The molecule has 0 spiro atoms. The van der Waals surface area contributed by atoms with Crippen molar-refractivity contribution < 1.29 is 4.42 Å². The van der Waals surface area contributed by atoms with Crippen LogP contribution in [0.3, 0.4) is 0 Å². The Labute approximate surface area is 322 Å². The Hall–Kier alpha value is -6.94. The lowest BCUT2D eigenvalue weighted by Gasteiger charge is -2.27. The van der Waals surface area contributed by atoms with Crippen molar-refractivity contribution in [2.75, 3.05) is 4.90 Å². The van der Waals surface area contributed by atoms with Gasteiger partial charge in [-0.15, -0.1) is 11.3 Å². The highest BCUT2D eigenvalue weighted by Gasteiger charge is 2.17. The molecule has 0 atom stereocenters. The third-order valence-corrected chi connectivity index (χ3v) is 12.0. The first kappa shape index (κ1) is 31.6. The van der Waals surface area contributed by atoms with Gasteiger partial charge in [0.25, 0.3) is 0 Å². The maximum Gasteiger partial charge on any atom is 0.135 e. The minimum absolute atomic E-state index is 0.902. The fourth-order valence-corrected chi connectivity index (χ4v) is 9.34. The fourth-order valence-electron chi connectivity index (χ4n) is 8.20. The Morgan fingerprint density at radius 3 is 1.67 bits per heavy atom. The number of hydrogen-bond donors (Lipinski definition) is 0. The lowest BCUT2D eigenvalue weighted by Crippen LogP contribution is -2.10. The Morgan fingerprint density at radius 2 is 0.873 bits per heavy atom. The Balaban J connectivity index is 1.07. The average molecular weight is 720 g/mol. The molecule has 0 amide bonds. The van der Waals surface area contributed by atoms with Gasteiger partial charge in [-0.05, 0) is 111 Å². The van der Waals surface area contributed by atoms with Crippen LogP contribution in [0.5, 0.6) is 0 Å². The van der Waals surface area contributed by atoms with Crippen LogP contribution < -0.4 is 4.90 Å². The predicted octanol–water partition coefficient (Wildman–Crippen LogP) is 15.6. The van der Waals surface area contributed by atoms with Crippen LogP contribution in [0.25, 0.3) is 86.3 Å². The molecular formula is C52H33NOS. The lowest BCUT2D eigenvalue weighted by molar-refractivity contribution is 0.669. The van der Waals surface area contributed by atoms with E-state index < -0.39 is 0 Å². The highest BCUT2D eigenvalue weighted by molar-refractivity contribution is 7.25. The number of furan rings is 1. The van der Waals surface area contributed by atoms with Crippen molar-refractivity contribution in [2.24, 2.45) is 0 Å². The predicted molar refractivity (Wildman–Crippen MR) is 235 cm³/mol. The molecule has 11 rings (SSSR count). The number of thiophene rings is 1. The molecule has 0 radical (unpaired) electrons. The topological polar surface area (TPSA) is 16.4 Å². The van der Waals surface area contributed by atoms with Crippen LogP contribution >= 0.6 is 11.3 Å². The van der Waals surface area contributed by atoms with E-state index in [2.05, 4.69) is 193 Å². The van der Waals surface area contributed by atoms with Gasteiger partial charge in [0, 0.05) is 48.0 Å². The minimum atomic E-state index is 0.902. The summed E-state index contributed by atoms with van der Waals surface area (Å²) in [4.78, 5) is 2.39. The van der Waals surface area contributed by atoms with Crippen molar-refractivity contribution in [2.45, 2.75) is 0 Å². The van der Waals surface area contributed by atoms with Gasteiger partial charge in [0.2, 0.25) is 0 Å². The number of nitrogens with zero attached hydrogens (tertiary/aromatic N) is 1. The van der Waals surface area contributed by atoms with Crippen molar-refractivity contribution in [3.05, 3.63) is 200 Å². The summed E-state index contributed by atoms with van der Waals surface area (Å²) in [5, 5.41) is 7.37. The van der Waals surface area contributed by atoms with Crippen LogP contribution in [-0.2, 0) is 0 Å². The van der Waals surface area contributed by atoms with E-state index in [1.165, 1.54) is 53.2 Å². The summed E-state index contributed by atoms with van der Waals surface area (Å²) in [5.74, 6) is 0. The van der Waals surface area contributed by atoms with E-state index in [0.29, 0.717) is 0 Å². The van der Waals surface area contributed by atoms with Crippen molar-refractivity contribution in [3.8, 4) is 33.4 Å². The van der Waals surface area contributed by atoms with Crippen molar-refractivity contribution >= 4 is 81.3 Å². The largest absolute Gasteiger partial charge is 0.456 e. The maximum absolute atomic E-state index is 6.17. The molecule has 0 fully saturated rings. The summed E-state index contributed by atoms with van der Waals surface area (Å²) in [7, 11) is 0. The maximum atomic E-state index is 6.17. The summed E-state index contributed by atoms with van der Waals surface area (Å²) in [6, 6.07) is 72.4. The van der Waals surface area contributed by atoms with Gasteiger partial charge in [-0.25, -0.2) is 0 Å². The molecule has 0 saturated carbocycles. The van der Waals surface area contributed by atoms with Crippen LogP contribution in [0.15, 0.2) is 205 Å². The van der Waals surface area contributed by atoms with Crippen molar-refractivity contribution in [1.29, 1.82) is 0 Å². The van der Waals surface area contributed by atoms with Gasteiger partial charge in [0.15, 0.2) is 0 Å². The van der Waals surface area contributed by atoms with E-state index >= 15 is 0 Å². The molecule has 0 aliphatic rings. The highest BCUT2D eigenvalue weighted by atomic mass is 32.1. The van der Waals surface area contributed by atoms with E-state index in [1.54, 1.807) is 0 Å². The average Bonchev–Trinajstić information content (AvgIpc) is 3.82. The van der Waals surface area contributed by atoms with Crippen molar-refractivity contribution in [1.82, 2.24) is 0 Å². The number of fused-ring (bicyclic) bond motifs is 7. The van der Waals surface area contributed by atoms with E-state index in [0.717, 1.165) is 50.1 Å². The molecule has 0 aliphatic carbocycles. The molecule has 0 aliphatic heterocycles. The number of benzene rings is 9. The molecule has 258 valence electrons. The van der Waals surface area contributed by atoms with E-state index in [-0.39, 0.29) is 0 Å². The van der Waals surface area contributed by atoms with E-state index in [9.17, 15) is 0 Å². The standard InChI is InChI=1S/C52H33NOS/c1-2-19-43-34(11-1)12-10-22-44(43)39-15-9-18-42(31-39)53(40-16-7-13-35(29-40)37-26-28-50-48(32-37)45-20-3-5-23-49(45)54-50)41-17-8-14-36(30-41)38-25-27-47-46-21-4-6-24-51(46)55-52(47)33-38/h1-33H. The van der Waals surface area contributed by atoms with Gasteiger partial charge in [0.05, 0.1) is 0 Å². The molecule has 55 heavy (non-hydrogen) atoms. The van der Waals surface area contributed by atoms with Crippen LogP contribution in [0.2, 0.25) is 0 Å². The molecule has 2 nitrogen and oxygen atoms in total. The Morgan fingerprint density at radius 1 is 0.327 bits per heavy atom. The molecule has 0 saturated heterocycles. The fraction of sp³-hybridized carbons (Fsp3) is 0. The summed E-state index contributed by atoms with van der Waals surface area (Å²) in [5.41, 5.74) is 12.2. The second-order valence-corrected chi connectivity index (χ2v) is 15.2. The smallest absolute Gasteiger partial charge is 0.135 e. The monoisotopic (exact) mass is 719 g/mol. The summed E-state index contributed by atoms with van der Waals surface area (Å²) in [6.07, 6.45) is 0. The minimum Gasteiger partial charge on any atom is -0.456 e. The van der Waals surface area contributed by atoms with Gasteiger partial charge >= 0.3 is 0 Å². The first-order valence-electron chi connectivity index (χ1n) is 18.7. The number of rotatable bonds is 6. The number of anilines is 3. The summed E-state index contributed by atoms with van der Waals surface area (Å²) in [6.45, 7) is 0. The van der Waals surface area contributed by atoms with Crippen LogP contribution in [-0.4, -0.2) is 0 Å². The summed E-state index contributed by atoms with van der Waals surface area (Å²) < 4.78 is 8.80. The SMILES string of the molecule is c1cc(-c2ccc3c(c2)sc2ccccc23)cc(N(c2cccc(-c3ccc4oc5ccccc5c4c3)c2)c2cccc(-c3cccc4ccccc34)c2)c1. The number of hydrogen-bond acceptors (Lipinski definition) is 3. The molecule has 0 bridgehead atoms. The quantitative estimate of drug-likeness (QED) is 0.170. The first-order chi connectivity index (χ1) is 27.2. The molecule has 0 N–H and O–H groups in total. The molecule has 3 heteroatoms. The first-order valence-corrected chi connectivity index (χ1v) is 19.5. The molecular weight excluding hydrogens is 687 g/mol. The van der Waals surface area contributed by atoms with E-state index in [1.807, 2.05) is 23.5 Å². The zero-order chi connectivity index (χ0) is 36.3. The normalized spacial score (nSPS) is 11.6. The Bertz CT molecular complexity index is 3240. The third-order valence-electron chi connectivity index (χ3n) is 10.8. The molecule has 2 heterocycles. The van der Waals surface area contributed by atoms with Crippen LogP contribution in [0, 0.1) is 0 Å². The zero-order valence-electron chi connectivity index (χ0n) is 29.8. The van der Waals surface area contributed by atoms with Gasteiger partial charge < -0.3 is 9.32 Å². The van der Waals surface area contributed by atoms with Crippen molar-refractivity contribution in [3.63, 3.8) is 0 Å². The molecule has 11 aromatic rings.